The first-order valence-electron chi connectivity index (χ1n) is 7.25. The van der Waals surface area contributed by atoms with Crippen LogP contribution in [0, 0.1) is 0 Å². The molecule has 0 spiro atoms. The third kappa shape index (κ3) is 3.43. The van der Waals surface area contributed by atoms with Gasteiger partial charge in [0, 0.05) is 21.5 Å². The predicted molar refractivity (Wildman–Crippen MR) is 103 cm³/mol. The molecule has 2 N–H and O–H groups in total. The largest absolute Gasteiger partial charge is 0.338 e. The Morgan fingerprint density at radius 3 is 2.92 bits per heavy atom. The lowest BCUT2D eigenvalue weighted by atomic mass is 10.2. The number of rotatable bonds is 5. The lowest BCUT2D eigenvalue weighted by molar-refractivity contribution is 0.391. The van der Waals surface area contributed by atoms with Crippen LogP contribution in [0.2, 0.25) is 10.0 Å². The smallest absolute Gasteiger partial charge is 0.237 e. The van der Waals surface area contributed by atoms with Gasteiger partial charge in [0.2, 0.25) is 16.9 Å². The van der Waals surface area contributed by atoms with E-state index >= 15 is 0 Å². The fourth-order valence-electron chi connectivity index (χ4n) is 2.18. The first-order valence-corrected chi connectivity index (χ1v) is 9.94. The number of thioether (sulfide) groups is 1. The van der Waals surface area contributed by atoms with Crippen LogP contribution in [0.1, 0.15) is 5.89 Å². The molecule has 0 fully saturated rings. The minimum Gasteiger partial charge on any atom is -0.338 e. The zero-order valence-electron chi connectivity index (χ0n) is 13.0. The van der Waals surface area contributed by atoms with E-state index in [2.05, 4.69) is 20.3 Å². The van der Waals surface area contributed by atoms with Crippen molar-refractivity contribution in [1.29, 1.82) is 0 Å². The van der Waals surface area contributed by atoms with Crippen LogP contribution in [0.25, 0.3) is 22.8 Å². The van der Waals surface area contributed by atoms with E-state index in [-0.39, 0.29) is 0 Å². The van der Waals surface area contributed by atoms with Crippen LogP contribution < -0.4 is 5.84 Å². The Hall–Kier alpha value is -2.07. The standard InChI is InChI=1S/C15H10Cl2N6OS2/c16-9-1-2-11(17)10(5-9)14-20-21-15(23(14)18)26-7-12-19-13(22-24-12)8-3-4-25-6-8/h1-6H,7,18H2. The van der Waals surface area contributed by atoms with Gasteiger partial charge in [-0.3, -0.25) is 0 Å². The van der Waals surface area contributed by atoms with Gasteiger partial charge in [-0.05, 0) is 29.6 Å². The Balaban J connectivity index is 1.51. The van der Waals surface area contributed by atoms with Crippen molar-refractivity contribution in [2.75, 3.05) is 5.84 Å². The Morgan fingerprint density at radius 1 is 1.23 bits per heavy atom. The monoisotopic (exact) mass is 424 g/mol. The van der Waals surface area contributed by atoms with Gasteiger partial charge in [0.15, 0.2) is 5.82 Å². The average molecular weight is 425 g/mol. The van der Waals surface area contributed by atoms with Crippen molar-refractivity contribution >= 4 is 46.3 Å². The van der Waals surface area contributed by atoms with Gasteiger partial charge in [-0.15, -0.1) is 10.2 Å². The number of nitrogens with zero attached hydrogens (tertiary/aromatic N) is 5. The van der Waals surface area contributed by atoms with Gasteiger partial charge in [-0.1, -0.05) is 40.1 Å². The normalized spacial score (nSPS) is 11.2. The van der Waals surface area contributed by atoms with E-state index in [1.54, 1.807) is 29.5 Å². The number of hydrogen-bond donors (Lipinski definition) is 1. The van der Waals surface area contributed by atoms with Gasteiger partial charge in [-0.25, -0.2) is 4.68 Å². The summed E-state index contributed by atoms with van der Waals surface area (Å²) < 4.78 is 6.62. The minimum atomic E-state index is 0.412. The van der Waals surface area contributed by atoms with Crippen LogP contribution in [-0.2, 0) is 5.75 Å². The SMILES string of the molecule is Nn1c(SCc2nc(-c3ccsc3)no2)nnc1-c1cc(Cl)ccc1Cl. The molecule has 0 saturated heterocycles. The van der Waals surface area contributed by atoms with E-state index in [0.717, 1.165) is 5.56 Å². The molecule has 26 heavy (non-hydrogen) atoms. The van der Waals surface area contributed by atoms with E-state index < -0.39 is 0 Å². The van der Waals surface area contributed by atoms with Gasteiger partial charge in [-0.2, -0.15) is 16.3 Å². The van der Waals surface area contributed by atoms with E-state index in [0.29, 0.717) is 44.1 Å². The summed E-state index contributed by atoms with van der Waals surface area (Å²) in [4.78, 5) is 4.36. The van der Waals surface area contributed by atoms with Crippen molar-refractivity contribution in [2.24, 2.45) is 0 Å². The number of aromatic nitrogens is 5. The van der Waals surface area contributed by atoms with Gasteiger partial charge in [0.25, 0.3) is 0 Å². The number of nitrogens with two attached hydrogens (primary N) is 1. The molecule has 4 aromatic rings. The highest BCUT2D eigenvalue weighted by Gasteiger charge is 2.17. The molecule has 0 saturated carbocycles. The molecule has 0 radical (unpaired) electrons. The van der Waals surface area contributed by atoms with Crippen LogP contribution in [0.5, 0.6) is 0 Å². The molecule has 0 bridgehead atoms. The molecule has 0 amide bonds. The van der Waals surface area contributed by atoms with Crippen LogP contribution in [0.15, 0.2) is 44.7 Å². The third-order valence-electron chi connectivity index (χ3n) is 3.41. The molecule has 3 heterocycles. The highest BCUT2D eigenvalue weighted by atomic mass is 35.5. The van der Waals surface area contributed by atoms with Crippen molar-refractivity contribution in [3.63, 3.8) is 0 Å². The summed E-state index contributed by atoms with van der Waals surface area (Å²) in [6.07, 6.45) is 0. The molecule has 7 nitrogen and oxygen atoms in total. The van der Waals surface area contributed by atoms with Crippen molar-refractivity contribution in [3.05, 3.63) is 51.0 Å². The number of halogens is 2. The summed E-state index contributed by atoms with van der Waals surface area (Å²) in [6, 6.07) is 7.01. The Labute approximate surface area is 166 Å². The lowest BCUT2D eigenvalue weighted by Gasteiger charge is -2.05. The summed E-state index contributed by atoms with van der Waals surface area (Å²) in [5, 5.41) is 17.6. The summed E-state index contributed by atoms with van der Waals surface area (Å²) >= 11 is 15.1. The molecule has 0 unspecified atom stereocenters. The Morgan fingerprint density at radius 2 is 2.12 bits per heavy atom. The zero-order chi connectivity index (χ0) is 18.1. The maximum absolute atomic E-state index is 6.20. The van der Waals surface area contributed by atoms with Gasteiger partial charge >= 0.3 is 0 Å². The van der Waals surface area contributed by atoms with Crippen LogP contribution in [-0.4, -0.2) is 25.0 Å². The highest BCUT2D eigenvalue weighted by molar-refractivity contribution is 7.98. The molecular formula is C15H10Cl2N6OS2. The summed E-state index contributed by atoms with van der Waals surface area (Å²) in [5.41, 5.74) is 1.54. The number of thiophene rings is 1. The Kier molecular flexibility index (Phi) is 4.86. The fourth-order valence-corrected chi connectivity index (χ4v) is 3.88. The summed E-state index contributed by atoms with van der Waals surface area (Å²) in [6.45, 7) is 0. The van der Waals surface area contributed by atoms with Crippen LogP contribution in [0.4, 0.5) is 0 Å². The molecule has 0 aliphatic rings. The number of hydrogen-bond acceptors (Lipinski definition) is 8. The van der Waals surface area contributed by atoms with Gasteiger partial charge < -0.3 is 10.4 Å². The van der Waals surface area contributed by atoms with Crippen molar-refractivity contribution < 1.29 is 4.52 Å². The molecule has 0 atom stereocenters. The van der Waals surface area contributed by atoms with Crippen LogP contribution >= 0.6 is 46.3 Å². The number of benzene rings is 1. The molecule has 4 rings (SSSR count). The van der Waals surface area contributed by atoms with E-state index in [4.69, 9.17) is 33.6 Å². The molecule has 11 heteroatoms. The van der Waals surface area contributed by atoms with E-state index in [1.807, 2.05) is 16.8 Å². The highest BCUT2D eigenvalue weighted by Crippen LogP contribution is 2.31. The van der Waals surface area contributed by atoms with Gasteiger partial charge in [0.05, 0.1) is 10.8 Å². The molecule has 132 valence electrons. The second-order valence-electron chi connectivity index (χ2n) is 5.11. The average Bonchev–Trinajstić information content (AvgIpc) is 3.36. The molecule has 1 aromatic carbocycles. The second-order valence-corrected chi connectivity index (χ2v) is 7.68. The topological polar surface area (TPSA) is 95.7 Å². The zero-order valence-corrected chi connectivity index (χ0v) is 16.1. The van der Waals surface area contributed by atoms with Gasteiger partial charge in [0.1, 0.15) is 0 Å². The molecular weight excluding hydrogens is 415 g/mol. The Bertz CT molecular complexity index is 1050. The molecule has 0 aliphatic heterocycles. The number of nitrogen functional groups attached to an aromatic ring is 1. The van der Waals surface area contributed by atoms with Crippen molar-refractivity contribution in [3.8, 4) is 22.8 Å². The third-order valence-corrected chi connectivity index (χ3v) is 5.58. The first kappa shape index (κ1) is 17.3. The minimum absolute atomic E-state index is 0.412. The maximum Gasteiger partial charge on any atom is 0.237 e. The lowest BCUT2D eigenvalue weighted by Crippen LogP contribution is -2.11. The fraction of sp³-hybridized carbons (Fsp3) is 0.0667. The summed E-state index contributed by atoms with van der Waals surface area (Å²) in [5.74, 6) is 7.97. The van der Waals surface area contributed by atoms with E-state index in [9.17, 15) is 0 Å². The van der Waals surface area contributed by atoms with Crippen LogP contribution in [0.3, 0.4) is 0 Å². The van der Waals surface area contributed by atoms with Crippen molar-refractivity contribution in [2.45, 2.75) is 10.9 Å². The maximum atomic E-state index is 6.20. The summed E-state index contributed by atoms with van der Waals surface area (Å²) in [7, 11) is 0. The molecule has 3 aromatic heterocycles. The quantitative estimate of drug-likeness (QED) is 0.375. The first-order chi connectivity index (χ1) is 12.6. The predicted octanol–water partition coefficient (Wildman–Crippen LogP) is 4.37. The second kappa shape index (κ2) is 7.28. The van der Waals surface area contributed by atoms with Crippen molar-refractivity contribution in [1.82, 2.24) is 25.0 Å². The molecule has 0 aliphatic carbocycles. The van der Waals surface area contributed by atoms with E-state index in [1.165, 1.54) is 16.4 Å².